The first-order valence-electron chi connectivity index (χ1n) is 3.07. The first-order chi connectivity index (χ1) is 3.71. The zero-order valence-corrected chi connectivity index (χ0v) is 5.18. The standard InChI is InChI=1S/C6H12O2/c1-6(7)4-2-3-5-8-6/h7H,2-5H2,1H3. The summed E-state index contributed by atoms with van der Waals surface area (Å²) in [7, 11) is 0. The molecule has 2 nitrogen and oxygen atoms in total. The summed E-state index contributed by atoms with van der Waals surface area (Å²) in [5.74, 6) is -0.821. The minimum atomic E-state index is -0.821. The quantitative estimate of drug-likeness (QED) is 0.509. The van der Waals surface area contributed by atoms with Crippen LogP contribution in [0.4, 0.5) is 0 Å². The second-order valence-corrected chi connectivity index (χ2v) is 2.48. The van der Waals surface area contributed by atoms with E-state index in [1.54, 1.807) is 6.92 Å². The van der Waals surface area contributed by atoms with E-state index < -0.39 is 5.79 Å². The van der Waals surface area contributed by atoms with E-state index in [0.717, 1.165) is 19.3 Å². The van der Waals surface area contributed by atoms with Crippen molar-refractivity contribution in [1.82, 2.24) is 0 Å². The van der Waals surface area contributed by atoms with Crippen LogP contribution < -0.4 is 0 Å². The van der Waals surface area contributed by atoms with Gasteiger partial charge in [-0.15, -0.1) is 0 Å². The van der Waals surface area contributed by atoms with Gasteiger partial charge >= 0.3 is 0 Å². The molecule has 1 heterocycles. The largest absolute Gasteiger partial charge is 0.366 e. The van der Waals surface area contributed by atoms with E-state index in [9.17, 15) is 0 Å². The van der Waals surface area contributed by atoms with Gasteiger partial charge in [-0.3, -0.25) is 0 Å². The fourth-order valence-corrected chi connectivity index (χ4v) is 0.919. The van der Waals surface area contributed by atoms with Gasteiger partial charge in [0.1, 0.15) is 0 Å². The average Bonchev–Trinajstić information content (AvgIpc) is 1.65. The van der Waals surface area contributed by atoms with Crippen LogP contribution in [0.1, 0.15) is 26.2 Å². The van der Waals surface area contributed by atoms with Crippen molar-refractivity contribution < 1.29 is 9.84 Å². The molecule has 1 rings (SSSR count). The van der Waals surface area contributed by atoms with Gasteiger partial charge in [-0.25, -0.2) is 0 Å². The van der Waals surface area contributed by atoms with E-state index in [2.05, 4.69) is 0 Å². The van der Waals surface area contributed by atoms with Gasteiger partial charge in [-0.1, -0.05) is 0 Å². The Kier molecular flexibility index (Phi) is 1.54. The van der Waals surface area contributed by atoms with Crippen LogP contribution in [0, 0.1) is 0 Å². The second-order valence-electron chi connectivity index (χ2n) is 2.48. The molecule has 48 valence electrons. The smallest absolute Gasteiger partial charge is 0.162 e. The van der Waals surface area contributed by atoms with Gasteiger partial charge < -0.3 is 9.84 Å². The molecule has 0 bridgehead atoms. The van der Waals surface area contributed by atoms with Crippen molar-refractivity contribution in [2.75, 3.05) is 6.61 Å². The fourth-order valence-electron chi connectivity index (χ4n) is 0.919. The minimum Gasteiger partial charge on any atom is -0.366 e. The summed E-state index contributed by atoms with van der Waals surface area (Å²) < 4.78 is 5.02. The number of rotatable bonds is 0. The Bertz CT molecular complexity index is 70.6. The predicted molar refractivity (Wildman–Crippen MR) is 30.4 cm³/mol. The van der Waals surface area contributed by atoms with Crippen molar-refractivity contribution in [3.8, 4) is 0 Å². The molecule has 0 aromatic carbocycles. The molecule has 1 fully saturated rings. The van der Waals surface area contributed by atoms with Crippen molar-refractivity contribution >= 4 is 0 Å². The van der Waals surface area contributed by atoms with Crippen LogP contribution in [0.3, 0.4) is 0 Å². The number of aliphatic hydroxyl groups is 1. The average molecular weight is 116 g/mol. The van der Waals surface area contributed by atoms with Gasteiger partial charge in [0.25, 0.3) is 0 Å². The van der Waals surface area contributed by atoms with E-state index in [1.165, 1.54) is 0 Å². The van der Waals surface area contributed by atoms with Gasteiger partial charge in [0.05, 0.1) is 6.61 Å². The van der Waals surface area contributed by atoms with Gasteiger partial charge in [0, 0.05) is 6.42 Å². The van der Waals surface area contributed by atoms with Crippen LogP contribution in [-0.2, 0) is 4.74 Å². The Morgan fingerprint density at radius 1 is 1.50 bits per heavy atom. The van der Waals surface area contributed by atoms with Crippen molar-refractivity contribution in [3.05, 3.63) is 0 Å². The Morgan fingerprint density at radius 2 is 2.25 bits per heavy atom. The third-order valence-electron chi connectivity index (χ3n) is 1.45. The number of hydrogen-bond donors (Lipinski definition) is 1. The first-order valence-corrected chi connectivity index (χ1v) is 3.07. The lowest BCUT2D eigenvalue weighted by Gasteiger charge is -2.27. The summed E-state index contributed by atoms with van der Waals surface area (Å²) in [6.07, 6.45) is 2.97. The van der Waals surface area contributed by atoms with E-state index >= 15 is 0 Å². The SMILES string of the molecule is CC1(O)CCCCO1. The maximum absolute atomic E-state index is 9.15. The molecule has 1 atom stereocenters. The molecule has 8 heavy (non-hydrogen) atoms. The molecule has 0 radical (unpaired) electrons. The highest BCUT2D eigenvalue weighted by atomic mass is 16.6. The zero-order valence-electron chi connectivity index (χ0n) is 5.18. The van der Waals surface area contributed by atoms with E-state index in [4.69, 9.17) is 9.84 Å². The summed E-state index contributed by atoms with van der Waals surface area (Å²) in [5, 5.41) is 9.15. The monoisotopic (exact) mass is 116 g/mol. The Hall–Kier alpha value is -0.0800. The van der Waals surface area contributed by atoms with Crippen LogP contribution in [0.2, 0.25) is 0 Å². The van der Waals surface area contributed by atoms with Gasteiger partial charge in [0.15, 0.2) is 5.79 Å². The lowest BCUT2D eigenvalue weighted by Crippen LogP contribution is -2.31. The van der Waals surface area contributed by atoms with Gasteiger partial charge in [0.2, 0.25) is 0 Å². The van der Waals surface area contributed by atoms with E-state index in [1.807, 2.05) is 0 Å². The summed E-state index contributed by atoms with van der Waals surface area (Å²) in [4.78, 5) is 0. The molecule has 0 aliphatic carbocycles. The Morgan fingerprint density at radius 3 is 2.50 bits per heavy atom. The lowest BCUT2D eigenvalue weighted by atomic mass is 10.1. The van der Waals surface area contributed by atoms with Crippen molar-refractivity contribution in [2.45, 2.75) is 32.0 Å². The zero-order chi connectivity index (χ0) is 6.04. The predicted octanol–water partition coefficient (Wildman–Crippen LogP) is 0.895. The van der Waals surface area contributed by atoms with Crippen molar-refractivity contribution in [3.63, 3.8) is 0 Å². The lowest BCUT2D eigenvalue weighted by molar-refractivity contribution is -0.210. The normalized spacial score (nSPS) is 39.8. The molecule has 1 saturated heterocycles. The van der Waals surface area contributed by atoms with Gasteiger partial charge in [-0.2, -0.15) is 0 Å². The molecule has 0 amide bonds. The molecule has 0 spiro atoms. The highest BCUT2D eigenvalue weighted by molar-refractivity contribution is 4.64. The maximum Gasteiger partial charge on any atom is 0.162 e. The molecule has 1 aliphatic rings. The highest BCUT2D eigenvalue weighted by Crippen LogP contribution is 2.20. The molecule has 1 N–H and O–H groups in total. The molecule has 0 saturated carbocycles. The summed E-state index contributed by atoms with van der Waals surface area (Å²) >= 11 is 0. The van der Waals surface area contributed by atoms with Gasteiger partial charge in [-0.05, 0) is 19.8 Å². The third kappa shape index (κ3) is 1.46. The Labute approximate surface area is 49.5 Å². The third-order valence-corrected chi connectivity index (χ3v) is 1.45. The summed E-state index contributed by atoms with van der Waals surface area (Å²) in [5.41, 5.74) is 0. The number of hydrogen-bond acceptors (Lipinski definition) is 2. The molecule has 0 aromatic rings. The van der Waals surface area contributed by atoms with Crippen LogP contribution >= 0.6 is 0 Å². The van der Waals surface area contributed by atoms with E-state index in [-0.39, 0.29) is 0 Å². The maximum atomic E-state index is 9.15. The molecular formula is C6H12O2. The van der Waals surface area contributed by atoms with Crippen molar-refractivity contribution in [2.24, 2.45) is 0 Å². The molecule has 0 aromatic heterocycles. The summed E-state index contributed by atoms with van der Waals surface area (Å²) in [6.45, 7) is 2.43. The molecular weight excluding hydrogens is 104 g/mol. The minimum absolute atomic E-state index is 0.715. The fraction of sp³-hybridized carbons (Fsp3) is 1.00. The summed E-state index contributed by atoms with van der Waals surface area (Å²) in [6, 6.07) is 0. The highest BCUT2D eigenvalue weighted by Gasteiger charge is 2.23. The Balaban J connectivity index is 2.33. The number of ether oxygens (including phenoxy) is 1. The molecule has 1 unspecified atom stereocenters. The van der Waals surface area contributed by atoms with Crippen molar-refractivity contribution in [1.29, 1.82) is 0 Å². The second kappa shape index (κ2) is 2.03. The van der Waals surface area contributed by atoms with Crippen LogP contribution in [0.25, 0.3) is 0 Å². The topological polar surface area (TPSA) is 29.5 Å². The first kappa shape index (κ1) is 6.05. The van der Waals surface area contributed by atoms with Crippen LogP contribution in [0.5, 0.6) is 0 Å². The molecule has 1 aliphatic heterocycles. The van der Waals surface area contributed by atoms with Crippen LogP contribution in [-0.4, -0.2) is 17.5 Å². The van der Waals surface area contributed by atoms with Crippen LogP contribution in [0.15, 0.2) is 0 Å². The molecule has 2 heteroatoms. The van der Waals surface area contributed by atoms with E-state index in [0.29, 0.717) is 6.61 Å².